The van der Waals surface area contributed by atoms with E-state index in [1.54, 1.807) is 6.08 Å². The van der Waals surface area contributed by atoms with Crippen LogP contribution in [0.5, 0.6) is 0 Å². The molecule has 4 nitrogen and oxygen atoms in total. The number of hydrogen-bond acceptors (Lipinski definition) is 3. The van der Waals surface area contributed by atoms with Crippen molar-refractivity contribution in [2.45, 2.75) is 302 Å². The molecular formula is C67H117NO3. The molecule has 2 unspecified atom stereocenters. The summed E-state index contributed by atoms with van der Waals surface area (Å²) in [5.74, 6) is -0.0946. The molecule has 0 aromatic heterocycles. The Labute approximate surface area is 442 Å². The van der Waals surface area contributed by atoms with E-state index in [0.717, 1.165) is 89.9 Å². The van der Waals surface area contributed by atoms with E-state index < -0.39 is 12.1 Å². The van der Waals surface area contributed by atoms with Gasteiger partial charge in [0, 0.05) is 6.42 Å². The van der Waals surface area contributed by atoms with Gasteiger partial charge in [-0.25, -0.2) is 0 Å². The second-order valence-electron chi connectivity index (χ2n) is 20.4. The monoisotopic (exact) mass is 984 g/mol. The smallest absolute Gasteiger partial charge is 0.220 e. The number of allylic oxidation sites excluding steroid dienone is 17. The van der Waals surface area contributed by atoms with Gasteiger partial charge in [0.05, 0.1) is 18.8 Å². The van der Waals surface area contributed by atoms with Crippen molar-refractivity contribution in [1.82, 2.24) is 5.32 Å². The third-order valence-corrected chi connectivity index (χ3v) is 13.5. The molecule has 0 aromatic carbocycles. The Morgan fingerprint density at radius 2 is 0.634 bits per heavy atom. The van der Waals surface area contributed by atoms with E-state index in [1.165, 1.54) is 180 Å². The van der Waals surface area contributed by atoms with E-state index in [1.807, 2.05) is 6.08 Å². The number of amides is 1. The Kier molecular flexibility index (Phi) is 58.8. The third-order valence-electron chi connectivity index (χ3n) is 13.5. The van der Waals surface area contributed by atoms with Crippen molar-refractivity contribution < 1.29 is 15.0 Å². The largest absolute Gasteiger partial charge is 0.394 e. The minimum atomic E-state index is -0.881. The van der Waals surface area contributed by atoms with Crippen molar-refractivity contribution in [3.63, 3.8) is 0 Å². The van der Waals surface area contributed by atoms with Crippen LogP contribution in [0.25, 0.3) is 0 Å². The number of nitrogens with one attached hydrogen (secondary N) is 1. The van der Waals surface area contributed by atoms with Gasteiger partial charge >= 0.3 is 0 Å². The molecule has 71 heavy (non-hydrogen) atoms. The maximum atomic E-state index is 12.5. The summed E-state index contributed by atoms with van der Waals surface area (Å²) in [6.45, 7) is 4.19. The molecule has 0 saturated carbocycles. The van der Waals surface area contributed by atoms with E-state index in [2.05, 4.69) is 116 Å². The Balaban J connectivity index is 3.59. The highest BCUT2D eigenvalue weighted by Gasteiger charge is 2.18. The molecule has 0 fully saturated rings. The Hall–Kier alpha value is -2.95. The van der Waals surface area contributed by atoms with E-state index >= 15 is 0 Å². The number of carbonyl (C=O) groups excluding carboxylic acids is 1. The first kappa shape index (κ1) is 68.0. The number of carbonyl (C=O) groups is 1. The predicted octanol–water partition coefficient (Wildman–Crippen LogP) is 20.6. The fraction of sp³-hybridized carbons (Fsp3) is 0.716. The number of aliphatic hydroxyl groups excluding tert-OH is 2. The lowest BCUT2D eigenvalue weighted by atomic mass is 10.0. The minimum absolute atomic E-state index is 0.0946. The molecule has 408 valence electrons. The molecule has 2 atom stereocenters. The Morgan fingerprint density at radius 3 is 0.986 bits per heavy atom. The fourth-order valence-corrected chi connectivity index (χ4v) is 8.88. The summed E-state index contributed by atoms with van der Waals surface area (Å²) in [6, 6.07) is -0.660. The molecular weight excluding hydrogens is 867 g/mol. The Bertz CT molecular complexity index is 1350. The van der Waals surface area contributed by atoms with Gasteiger partial charge in [0.25, 0.3) is 0 Å². The minimum Gasteiger partial charge on any atom is -0.394 e. The molecule has 0 aliphatic carbocycles. The van der Waals surface area contributed by atoms with Crippen molar-refractivity contribution in [2.24, 2.45) is 0 Å². The van der Waals surface area contributed by atoms with Crippen LogP contribution < -0.4 is 5.32 Å². The summed E-state index contributed by atoms with van der Waals surface area (Å²) in [5.41, 5.74) is 0. The summed E-state index contributed by atoms with van der Waals surface area (Å²) in [5, 5.41) is 23.2. The zero-order valence-electron chi connectivity index (χ0n) is 47.0. The summed E-state index contributed by atoms with van der Waals surface area (Å²) in [6.07, 6.45) is 92.7. The fourth-order valence-electron chi connectivity index (χ4n) is 8.88. The first-order valence-electron chi connectivity index (χ1n) is 30.6. The number of hydrogen-bond donors (Lipinski definition) is 3. The van der Waals surface area contributed by atoms with Crippen molar-refractivity contribution in [3.05, 3.63) is 109 Å². The molecule has 4 heteroatoms. The van der Waals surface area contributed by atoms with Crippen molar-refractivity contribution in [1.29, 1.82) is 0 Å². The van der Waals surface area contributed by atoms with Crippen molar-refractivity contribution >= 4 is 5.91 Å². The molecule has 3 N–H and O–H groups in total. The lowest BCUT2D eigenvalue weighted by Gasteiger charge is -2.19. The van der Waals surface area contributed by atoms with Crippen LogP contribution in [0.1, 0.15) is 290 Å². The maximum Gasteiger partial charge on any atom is 0.220 e. The average molecular weight is 985 g/mol. The number of aliphatic hydroxyl groups is 2. The molecule has 0 bridgehead atoms. The van der Waals surface area contributed by atoms with Crippen molar-refractivity contribution in [2.75, 3.05) is 6.61 Å². The van der Waals surface area contributed by atoms with Gasteiger partial charge < -0.3 is 15.5 Å². The highest BCUT2D eigenvalue weighted by Crippen LogP contribution is 2.17. The normalized spacial score (nSPS) is 13.6. The van der Waals surface area contributed by atoms with Gasteiger partial charge in [-0.1, -0.05) is 303 Å². The first-order valence-corrected chi connectivity index (χ1v) is 30.6. The van der Waals surface area contributed by atoms with Crippen LogP contribution in [0.3, 0.4) is 0 Å². The third kappa shape index (κ3) is 57.8. The standard InChI is InChI=1S/C67H117NO3/c1-3-5-7-9-11-13-15-17-19-21-23-25-27-29-31-32-33-34-35-37-38-40-42-44-46-48-50-52-54-56-58-60-62-66(70)65(64-69)68-67(71)63-61-59-57-55-53-51-49-47-45-43-41-39-36-30-28-26-24-22-20-18-16-14-12-10-8-6-4-2/h6,8,12,14,18,20,24,26,30,36,41,43,47,49,52,54,60,62,65-66,69-70H,3-5,7,9-11,13,15-17,19,21-23,25,27-29,31-35,37-40,42,44-46,48,50-51,53,55-59,61,63-64H2,1-2H3,(H,68,71)/b8-6-,14-12-,20-18-,26-24-,36-30-,43-41-,49-47-,54-52+,62-60+. The van der Waals surface area contributed by atoms with Gasteiger partial charge in [-0.3, -0.25) is 4.79 Å². The van der Waals surface area contributed by atoms with E-state index in [9.17, 15) is 15.0 Å². The number of rotatable bonds is 55. The van der Waals surface area contributed by atoms with Crippen LogP contribution in [-0.4, -0.2) is 34.9 Å². The molecule has 0 saturated heterocycles. The van der Waals surface area contributed by atoms with Gasteiger partial charge in [0.2, 0.25) is 5.91 Å². The molecule has 0 spiro atoms. The molecule has 0 aromatic rings. The topological polar surface area (TPSA) is 69.6 Å². The molecule has 0 rings (SSSR count). The average Bonchev–Trinajstić information content (AvgIpc) is 3.37. The summed E-state index contributed by atoms with van der Waals surface area (Å²) < 4.78 is 0. The quantitative estimate of drug-likeness (QED) is 0.0420. The van der Waals surface area contributed by atoms with Gasteiger partial charge in [-0.2, -0.15) is 0 Å². The Morgan fingerprint density at radius 1 is 0.352 bits per heavy atom. The van der Waals surface area contributed by atoms with Crippen LogP contribution in [0.2, 0.25) is 0 Å². The van der Waals surface area contributed by atoms with Crippen LogP contribution in [0, 0.1) is 0 Å². The SMILES string of the molecule is CC/C=C\C/C=C\C/C=C\C/C=C\C/C=C\C/C=C\C/C=C\CCCCCCCC(=O)NC(CO)C(O)/C=C/CC/C=C/CCCCCCCCCCCCCCCCCCCCCCCCCCCC. The van der Waals surface area contributed by atoms with E-state index in [4.69, 9.17) is 0 Å². The van der Waals surface area contributed by atoms with Crippen LogP contribution in [-0.2, 0) is 4.79 Å². The molecule has 1 amide bonds. The van der Waals surface area contributed by atoms with Crippen LogP contribution in [0.4, 0.5) is 0 Å². The second kappa shape index (κ2) is 61.4. The van der Waals surface area contributed by atoms with Crippen LogP contribution in [0.15, 0.2) is 109 Å². The molecule has 0 radical (unpaired) electrons. The summed E-state index contributed by atoms with van der Waals surface area (Å²) >= 11 is 0. The second-order valence-corrected chi connectivity index (χ2v) is 20.4. The van der Waals surface area contributed by atoms with Crippen LogP contribution >= 0.6 is 0 Å². The molecule has 0 heterocycles. The zero-order valence-corrected chi connectivity index (χ0v) is 47.0. The lowest BCUT2D eigenvalue weighted by molar-refractivity contribution is -0.123. The van der Waals surface area contributed by atoms with Gasteiger partial charge in [0.15, 0.2) is 0 Å². The number of unbranched alkanes of at least 4 members (excludes halogenated alkanes) is 32. The van der Waals surface area contributed by atoms with Crippen molar-refractivity contribution in [3.8, 4) is 0 Å². The highest BCUT2D eigenvalue weighted by molar-refractivity contribution is 5.76. The van der Waals surface area contributed by atoms with Gasteiger partial charge in [-0.05, 0) is 89.9 Å². The van der Waals surface area contributed by atoms with E-state index in [-0.39, 0.29) is 12.5 Å². The molecule has 0 aliphatic rings. The van der Waals surface area contributed by atoms with E-state index in [0.29, 0.717) is 6.42 Å². The predicted molar refractivity (Wildman–Crippen MR) is 317 cm³/mol. The van der Waals surface area contributed by atoms with Gasteiger partial charge in [-0.15, -0.1) is 0 Å². The summed E-state index contributed by atoms with van der Waals surface area (Å²) in [4.78, 5) is 12.5. The summed E-state index contributed by atoms with van der Waals surface area (Å²) in [7, 11) is 0. The maximum absolute atomic E-state index is 12.5. The first-order chi connectivity index (χ1) is 35.2. The molecule has 0 aliphatic heterocycles. The highest BCUT2D eigenvalue weighted by atomic mass is 16.3. The van der Waals surface area contributed by atoms with Gasteiger partial charge in [0.1, 0.15) is 0 Å². The zero-order chi connectivity index (χ0) is 51.3. The lowest BCUT2D eigenvalue weighted by Crippen LogP contribution is -2.45.